The highest BCUT2D eigenvalue weighted by atomic mass is 19.4. The summed E-state index contributed by atoms with van der Waals surface area (Å²) < 4.78 is 78.0. The van der Waals surface area contributed by atoms with Gasteiger partial charge in [0.25, 0.3) is 6.10 Å². The molecule has 1 N–H and O–H groups in total. The Balaban J connectivity index is 2.89. The van der Waals surface area contributed by atoms with Crippen LogP contribution in [0.5, 0.6) is 5.75 Å². The van der Waals surface area contributed by atoms with E-state index in [-0.39, 0.29) is 5.69 Å². The Morgan fingerprint density at radius 2 is 1.75 bits per heavy atom. The maximum atomic E-state index is 12.3. The number of aromatic nitrogens is 1. The molecule has 3 nitrogen and oxygen atoms in total. The van der Waals surface area contributed by atoms with Crippen molar-refractivity contribution in [1.82, 2.24) is 4.98 Å². The van der Waals surface area contributed by atoms with Gasteiger partial charge < -0.3 is 10.1 Å². The first-order valence-electron chi connectivity index (χ1n) is 5.63. The zero-order valence-corrected chi connectivity index (χ0v) is 10.3. The molecule has 0 unspecified atom stereocenters. The van der Waals surface area contributed by atoms with Gasteiger partial charge in [0.15, 0.2) is 0 Å². The summed E-state index contributed by atoms with van der Waals surface area (Å²) in [6.45, 7) is 2.36. The molecule has 0 radical (unpaired) electrons. The van der Waals surface area contributed by atoms with Gasteiger partial charge in [-0.2, -0.15) is 26.3 Å². The van der Waals surface area contributed by atoms with E-state index in [0.717, 1.165) is 18.7 Å². The summed E-state index contributed by atoms with van der Waals surface area (Å²) in [5.74, 6) is -0.606. The smallest absolute Gasteiger partial charge is 0.434 e. The van der Waals surface area contributed by atoms with Crippen molar-refractivity contribution < 1.29 is 31.1 Å². The molecule has 1 aromatic heterocycles. The number of rotatable bonds is 5. The average molecular weight is 302 g/mol. The third-order valence-corrected chi connectivity index (χ3v) is 2.14. The van der Waals surface area contributed by atoms with Crippen LogP contribution in [0.15, 0.2) is 18.5 Å². The number of pyridine rings is 1. The largest absolute Gasteiger partial charge is 0.470 e. The summed E-state index contributed by atoms with van der Waals surface area (Å²) in [5, 5.41) is 2.78. The molecule has 0 aliphatic rings. The SMILES string of the molecule is CCCNc1cncc(OC(C(F)(F)F)C(F)(F)F)c1. The van der Waals surface area contributed by atoms with Crippen LogP contribution in [-0.4, -0.2) is 30.0 Å². The van der Waals surface area contributed by atoms with Crippen molar-refractivity contribution in [2.75, 3.05) is 11.9 Å². The predicted octanol–water partition coefficient (Wildman–Crippen LogP) is 3.78. The fourth-order valence-corrected chi connectivity index (χ4v) is 1.30. The number of nitrogens with zero attached hydrogens (tertiary/aromatic N) is 1. The Morgan fingerprint density at radius 3 is 2.25 bits per heavy atom. The summed E-state index contributed by atoms with van der Waals surface area (Å²) in [4.78, 5) is 3.53. The van der Waals surface area contributed by atoms with Crippen molar-refractivity contribution in [1.29, 1.82) is 0 Å². The fourth-order valence-electron chi connectivity index (χ4n) is 1.30. The van der Waals surface area contributed by atoms with E-state index in [0.29, 0.717) is 6.54 Å². The molecular formula is C11H12F6N2O. The monoisotopic (exact) mass is 302 g/mol. The van der Waals surface area contributed by atoms with E-state index in [1.54, 1.807) is 0 Å². The standard InChI is InChI=1S/C11H12F6N2O/c1-2-3-19-7-4-8(6-18-5-7)20-9(10(12,13)14)11(15,16)17/h4-6,9,19H,2-3H2,1H3. The van der Waals surface area contributed by atoms with Crippen molar-refractivity contribution >= 4 is 5.69 Å². The number of hydrogen-bond acceptors (Lipinski definition) is 3. The number of halogens is 6. The summed E-state index contributed by atoms with van der Waals surface area (Å²) in [6, 6.07) is 1.03. The zero-order valence-electron chi connectivity index (χ0n) is 10.3. The van der Waals surface area contributed by atoms with E-state index in [9.17, 15) is 26.3 Å². The molecule has 0 atom stereocenters. The van der Waals surface area contributed by atoms with Gasteiger partial charge in [-0.05, 0) is 6.42 Å². The predicted molar refractivity (Wildman–Crippen MR) is 59.5 cm³/mol. The summed E-state index contributed by atoms with van der Waals surface area (Å²) in [5.41, 5.74) is 0.285. The molecule has 20 heavy (non-hydrogen) atoms. The van der Waals surface area contributed by atoms with Gasteiger partial charge in [0, 0.05) is 12.6 Å². The molecule has 0 bridgehead atoms. The number of alkyl halides is 6. The first-order chi connectivity index (χ1) is 9.14. The number of hydrogen-bond donors (Lipinski definition) is 1. The third kappa shape index (κ3) is 4.78. The van der Waals surface area contributed by atoms with E-state index in [1.165, 1.54) is 6.20 Å². The highest BCUT2D eigenvalue weighted by Crippen LogP contribution is 2.36. The quantitative estimate of drug-likeness (QED) is 0.841. The molecule has 0 aliphatic heterocycles. The lowest BCUT2D eigenvalue weighted by atomic mass is 10.3. The minimum atomic E-state index is -5.55. The lowest BCUT2D eigenvalue weighted by Gasteiger charge is -2.23. The molecule has 0 aromatic carbocycles. The second-order valence-electron chi connectivity index (χ2n) is 3.92. The molecule has 1 heterocycles. The fraction of sp³-hybridized carbons (Fsp3) is 0.545. The van der Waals surface area contributed by atoms with Gasteiger partial charge in [0.2, 0.25) is 0 Å². The maximum Gasteiger partial charge on any atom is 0.434 e. The van der Waals surface area contributed by atoms with Gasteiger partial charge in [-0.3, -0.25) is 4.98 Å². The number of nitrogens with one attached hydrogen (secondary N) is 1. The molecule has 0 fully saturated rings. The van der Waals surface area contributed by atoms with E-state index in [1.807, 2.05) is 6.92 Å². The van der Waals surface area contributed by atoms with Crippen LogP contribution in [0, 0.1) is 0 Å². The van der Waals surface area contributed by atoms with Gasteiger partial charge in [0.05, 0.1) is 18.1 Å². The zero-order chi connectivity index (χ0) is 15.4. The number of anilines is 1. The molecule has 0 spiro atoms. The summed E-state index contributed by atoms with van der Waals surface area (Å²) in [7, 11) is 0. The highest BCUT2D eigenvalue weighted by molar-refractivity contribution is 5.45. The van der Waals surface area contributed by atoms with Crippen molar-refractivity contribution in [3.63, 3.8) is 0 Å². The van der Waals surface area contributed by atoms with Crippen LogP contribution < -0.4 is 10.1 Å². The van der Waals surface area contributed by atoms with Gasteiger partial charge in [-0.15, -0.1) is 0 Å². The minimum absolute atomic E-state index is 0.285. The Hall–Kier alpha value is -1.67. The van der Waals surface area contributed by atoms with Gasteiger partial charge in [0.1, 0.15) is 5.75 Å². The van der Waals surface area contributed by atoms with Crippen molar-refractivity contribution in [3.8, 4) is 5.75 Å². The molecule has 0 aliphatic carbocycles. The van der Waals surface area contributed by atoms with E-state index < -0.39 is 24.2 Å². The molecular weight excluding hydrogens is 290 g/mol. The molecule has 114 valence electrons. The van der Waals surface area contributed by atoms with Crippen LogP contribution in [0.25, 0.3) is 0 Å². The Morgan fingerprint density at radius 1 is 1.15 bits per heavy atom. The lowest BCUT2D eigenvalue weighted by molar-refractivity contribution is -0.299. The Labute approximate surface area is 110 Å². The normalized spacial score (nSPS) is 12.6. The molecule has 1 aromatic rings. The molecule has 0 amide bonds. The van der Waals surface area contributed by atoms with Crippen LogP contribution in [0.4, 0.5) is 32.0 Å². The van der Waals surface area contributed by atoms with Crippen molar-refractivity contribution in [2.24, 2.45) is 0 Å². The highest BCUT2D eigenvalue weighted by Gasteiger charge is 2.59. The molecule has 0 saturated heterocycles. The van der Waals surface area contributed by atoms with E-state index in [4.69, 9.17) is 0 Å². The summed E-state index contributed by atoms with van der Waals surface area (Å²) in [6.07, 6.45) is -12.2. The van der Waals surface area contributed by atoms with Crippen LogP contribution in [0.2, 0.25) is 0 Å². The maximum absolute atomic E-state index is 12.3. The van der Waals surface area contributed by atoms with E-state index in [2.05, 4.69) is 15.0 Å². The lowest BCUT2D eigenvalue weighted by Crippen LogP contribution is -2.46. The van der Waals surface area contributed by atoms with Crippen molar-refractivity contribution in [3.05, 3.63) is 18.5 Å². The second kappa shape index (κ2) is 6.19. The summed E-state index contributed by atoms with van der Waals surface area (Å²) >= 11 is 0. The first kappa shape index (κ1) is 16.4. The van der Waals surface area contributed by atoms with Crippen LogP contribution in [-0.2, 0) is 0 Å². The van der Waals surface area contributed by atoms with Crippen LogP contribution >= 0.6 is 0 Å². The van der Waals surface area contributed by atoms with Crippen molar-refractivity contribution in [2.45, 2.75) is 31.8 Å². The first-order valence-corrected chi connectivity index (χ1v) is 5.63. The molecule has 9 heteroatoms. The molecule has 0 saturated carbocycles. The van der Waals surface area contributed by atoms with Crippen LogP contribution in [0.1, 0.15) is 13.3 Å². The molecule has 1 rings (SSSR count). The minimum Gasteiger partial charge on any atom is -0.470 e. The third-order valence-electron chi connectivity index (χ3n) is 2.14. The Kier molecular flexibility index (Phi) is 5.07. The second-order valence-corrected chi connectivity index (χ2v) is 3.92. The van der Waals surface area contributed by atoms with Gasteiger partial charge >= 0.3 is 12.4 Å². The van der Waals surface area contributed by atoms with Gasteiger partial charge in [-0.25, -0.2) is 0 Å². The van der Waals surface area contributed by atoms with E-state index >= 15 is 0 Å². The van der Waals surface area contributed by atoms with Crippen LogP contribution in [0.3, 0.4) is 0 Å². The average Bonchev–Trinajstić information content (AvgIpc) is 2.31. The Bertz CT molecular complexity index is 418. The van der Waals surface area contributed by atoms with Gasteiger partial charge in [-0.1, -0.05) is 6.92 Å². The number of ether oxygens (including phenoxy) is 1. The topological polar surface area (TPSA) is 34.2 Å².